The second kappa shape index (κ2) is 5.41. The Morgan fingerprint density at radius 1 is 1.21 bits per heavy atom. The first-order valence-electron chi connectivity index (χ1n) is 7.92. The number of rotatable bonds is 2. The summed E-state index contributed by atoms with van der Waals surface area (Å²) in [7, 11) is 0. The number of carbonyl (C=O) groups excluding carboxylic acids is 1. The zero-order valence-corrected chi connectivity index (χ0v) is 12.1. The maximum Gasteiger partial charge on any atom is 0.236 e. The van der Waals surface area contributed by atoms with Crippen molar-refractivity contribution in [2.24, 2.45) is 17.6 Å². The quantitative estimate of drug-likeness (QED) is 0.812. The zero-order valence-electron chi connectivity index (χ0n) is 12.1. The van der Waals surface area contributed by atoms with Gasteiger partial charge in [-0.3, -0.25) is 9.69 Å². The lowest BCUT2D eigenvalue weighted by atomic mass is 9.98. The van der Waals surface area contributed by atoms with Crippen molar-refractivity contribution in [3.63, 3.8) is 0 Å². The summed E-state index contributed by atoms with van der Waals surface area (Å²) in [5.41, 5.74) is 6.16. The molecule has 0 radical (unpaired) electrons. The van der Waals surface area contributed by atoms with Crippen LogP contribution in [0.2, 0.25) is 0 Å². The molecule has 2 saturated heterocycles. The standard InChI is InChI=1S/C15H27N3O/c1-11-4-2-3-7-18(11)15(19)10-17-8-12-5-6-14(16)13(12)9-17/h11-14H,2-10,16H2,1H3. The van der Waals surface area contributed by atoms with Crippen LogP contribution >= 0.6 is 0 Å². The van der Waals surface area contributed by atoms with E-state index < -0.39 is 0 Å². The van der Waals surface area contributed by atoms with E-state index in [0.29, 0.717) is 30.5 Å². The van der Waals surface area contributed by atoms with Gasteiger partial charge in [-0.1, -0.05) is 0 Å². The highest BCUT2D eigenvalue weighted by Gasteiger charge is 2.41. The number of piperidine rings is 1. The van der Waals surface area contributed by atoms with Gasteiger partial charge in [-0.2, -0.15) is 0 Å². The second-order valence-electron chi connectivity index (χ2n) is 6.79. The molecule has 0 bridgehead atoms. The largest absolute Gasteiger partial charge is 0.339 e. The summed E-state index contributed by atoms with van der Waals surface area (Å²) in [6.45, 7) is 5.89. The first kappa shape index (κ1) is 13.4. The lowest BCUT2D eigenvalue weighted by Crippen LogP contribution is -2.46. The van der Waals surface area contributed by atoms with E-state index in [4.69, 9.17) is 5.73 Å². The number of hydrogen-bond acceptors (Lipinski definition) is 3. The van der Waals surface area contributed by atoms with E-state index in [-0.39, 0.29) is 0 Å². The van der Waals surface area contributed by atoms with Gasteiger partial charge in [0.2, 0.25) is 5.91 Å². The minimum atomic E-state index is 0.334. The molecule has 3 rings (SSSR count). The topological polar surface area (TPSA) is 49.6 Å². The van der Waals surface area contributed by atoms with Gasteiger partial charge in [0.1, 0.15) is 0 Å². The molecule has 4 nitrogen and oxygen atoms in total. The molecular weight excluding hydrogens is 238 g/mol. The van der Waals surface area contributed by atoms with Crippen molar-refractivity contribution in [2.45, 2.75) is 51.1 Å². The van der Waals surface area contributed by atoms with E-state index in [2.05, 4.69) is 16.7 Å². The van der Waals surface area contributed by atoms with Crippen molar-refractivity contribution >= 4 is 5.91 Å². The van der Waals surface area contributed by atoms with E-state index in [1.54, 1.807) is 0 Å². The van der Waals surface area contributed by atoms with Crippen molar-refractivity contribution in [3.8, 4) is 0 Å². The molecule has 2 N–H and O–H groups in total. The Morgan fingerprint density at radius 2 is 2.05 bits per heavy atom. The van der Waals surface area contributed by atoms with Crippen LogP contribution in [-0.4, -0.2) is 54.0 Å². The average Bonchev–Trinajstić information content (AvgIpc) is 2.92. The Bertz CT molecular complexity index is 346. The molecule has 0 spiro atoms. The van der Waals surface area contributed by atoms with Gasteiger partial charge >= 0.3 is 0 Å². The zero-order chi connectivity index (χ0) is 13.4. The van der Waals surface area contributed by atoms with Gasteiger partial charge in [0.15, 0.2) is 0 Å². The van der Waals surface area contributed by atoms with Crippen LogP contribution in [0.25, 0.3) is 0 Å². The lowest BCUT2D eigenvalue weighted by Gasteiger charge is -2.34. The van der Waals surface area contributed by atoms with Crippen LogP contribution in [0.15, 0.2) is 0 Å². The second-order valence-corrected chi connectivity index (χ2v) is 6.79. The fourth-order valence-electron chi connectivity index (χ4n) is 4.28. The summed E-state index contributed by atoms with van der Waals surface area (Å²) >= 11 is 0. The number of fused-ring (bicyclic) bond motifs is 1. The fraction of sp³-hybridized carbons (Fsp3) is 0.933. The molecule has 1 saturated carbocycles. The maximum atomic E-state index is 12.4. The maximum absolute atomic E-state index is 12.4. The number of nitrogens with zero attached hydrogens (tertiary/aromatic N) is 2. The summed E-state index contributed by atoms with van der Waals surface area (Å²) in [5, 5.41) is 0. The summed E-state index contributed by atoms with van der Waals surface area (Å²) in [6.07, 6.45) is 6.05. The number of amides is 1. The molecule has 0 aromatic rings. The van der Waals surface area contributed by atoms with Crippen molar-refractivity contribution in [3.05, 3.63) is 0 Å². The first-order chi connectivity index (χ1) is 9.15. The van der Waals surface area contributed by atoms with Gasteiger partial charge in [-0.15, -0.1) is 0 Å². The number of carbonyl (C=O) groups is 1. The van der Waals surface area contributed by atoms with E-state index >= 15 is 0 Å². The van der Waals surface area contributed by atoms with Crippen molar-refractivity contribution in [2.75, 3.05) is 26.2 Å². The monoisotopic (exact) mass is 265 g/mol. The summed E-state index contributed by atoms with van der Waals surface area (Å²) in [6, 6.07) is 0.810. The van der Waals surface area contributed by atoms with Crippen molar-refractivity contribution < 1.29 is 4.79 Å². The van der Waals surface area contributed by atoms with E-state index in [1.807, 2.05) is 0 Å². The number of hydrogen-bond donors (Lipinski definition) is 1. The molecule has 2 heterocycles. The van der Waals surface area contributed by atoms with Crippen LogP contribution in [0.4, 0.5) is 0 Å². The SMILES string of the molecule is CC1CCCCN1C(=O)CN1CC2CCC(N)C2C1. The van der Waals surface area contributed by atoms with Crippen LogP contribution in [0.3, 0.4) is 0 Å². The summed E-state index contributed by atoms with van der Waals surface area (Å²) in [5.74, 6) is 1.73. The molecular formula is C15H27N3O. The van der Waals surface area contributed by atoms with Gasteiger partial charge in [-0.05, 0) is 50.9 Å². The van der Waals surface area contributed by atoms with Crippen LogP contribution in [0.1, 0.15) is 39.0 Å². The van der Waals surface area contributed by atoms with Crippen molar-refractivity contribution in [1.29, 1.82) is 0 Å². The molecule has 1 amide bonds. The van der Waals surface area contributed by atoms with E-state index in [0.717, 1.165) is 25.6 Å². The van der Waals surface area contributed by atoms with Gasteiger partial charge < -0.3 is 10.6 Å². The molecule has 1 aliphatic carbocycles. The normalized spacial score (nSPS) is 39.6. The van der Waals surface area contributed by atoms with Crippen LogP contribution < -0.4 is 5.73 Å². The van der Waals surface area contributed by atoms with Crippen LogP contribution in [-0.2, 0) is 4.79 Å². The summed E-state index contributed by atoms with van der Waals surface area (Å²) in [4.78, 5) is 16.9. The molecule has 19 heavy (non-hydrogen) atoms. The predicted octanol–water partition coefficient (Wildman–Crippen LogP) is 1.06. The molecule has 4 heteroatoms. The molecule has 4 atom stereocenters. The third kappa shape index (κ3) is 2.65. The smallest absolute Gasteiger partial charge is 0.236 e. The Morgan fingerprint density at radius 3 is 2.79 bits per heavy atom. The molecule has 4 unspecified atom stereocenters. The average molecular weight is 265 g/mol. The Balaban J connectivity index is 1.53. The molecule has 3 fully saturated rings. The summed E-state index contributed by atoms with van der Waals surface area (Å²) < 4.78 is 0. The molecule has 0 aromatic heterocycles. The highest BCUT2D eigenvalue weighted by Crippen LogP contribution is 2.37. The predicted molar refractivity (Wildman–Crippen MR) is 75.7 cm³/mol. The third-order valence-electron chi connectivity index (χ3n) is 5.47. The van der Waals surface area contributed by atoms with Crippen LogP contribution in [0, 0.1) is 11.8 Å². The van der Waals surface area contributed by atoms with Gasteiger partial charge in [0.05, 0.1) is 6.54 Å². The molecule has 2 aliphatic heterocycles. The van der Waals surface area contributed by atoms with Gasteiger partial charge in [0.25, 0.3) is 0 Å². The van der Waals surface area contributed by atoms with Gasteiger partial charge in [0, 0.05) is 31.7 Å². The number of nitrogens with two attached hydrogens (primary N) is 1. The Labute approximate surface area is 116 Å². The third-order valence-corrected chi connectivity index (χ3v) is 5.47. The Kier molecular flexibility index (Phi) is 3.81. The van der Waals surface area contributed by atoms with Crippen LogP contribution in [0.5, 0.6) is 0 Å². The van der Waals surface area contributed by atoms with Crippen molar-refractivity contribution in [1.82, 2.24) is 9.80 Å². The van der Waals surface area contributed by atoms with E-state index in [9.17, 15) is 4.79 Å². The first-order valence-corrected chi connectivity index (χ1v) is 7.92. The van der Waals surface area contributed by atoms with E-state index in [1.165, 1.54) is 32.1 Å². The van der Waals surface area contributed by atoms with Gasteiger partial charge in [-0.25, -0.2) is 0 Å². The fourth-order valence-corrected chi connectivity index (χ4v) is 4.28. The minimum Gasteiger partial charge on any atom is -0.339 e. The highest BCUT2D eigenvalue weighted by atomic mass is 16.2. The number of likely N-dealkylation sites (tertiary alicyclic amines) is 2. The minimum absolute atomic E-state index is 0.334. The molecule has 3 aliphatic rings. The molecule has 108 valence electrons. The Hall–Kier alpha value is -0.610. The lowest BCUT2D eigenvalue weighted by molar-refractivity contribution is -0.135. The highest BCUT2D eigenvalue weighted by molar-refractivity contribution is 5.78. The molecule has 0 aromatic carbocycles.